The third-order valence-corrected chi connectivity index (χ3v) is 2.49. The van der Waals surface area contributed by atoms with E-state index in [9.17, 15) is 23.7 Å². The fourth-order valence-electron chi connectivity index (χ4n) is 1.53. The van der Waals surface area contributed by atoms with Crippen LogP contribution in [0.15, 0.2) is 18.3 Å². The van der Waals surface area contributed by atoms with E-state index in [2.05, 4.69) is 10.2 Å². The average Bonchev–Trinajstić information content (AvgIpc) is 2.85. The molecule has 1 amide bonds. The molecule has 2 N–H and O–H groups in total. The zero-order valence-corrected chi connectivity index (χ0v) is 10.1. The molecule has 8 nitrogen and oxygen atoms in total. The number of halogens is 2. The van der Waals surface area contributed by atoms with E-state index < -0.39 is 33.7 Å². The van der Waals surface area contributed by atoms with Gasteiger partial charge in [0.1, 0.15) is 28.8 Å². The zero-order valence-electron chi connectivity index (χ0n) is 10.1. The molecule has 21 heavy (non-hydrogen) atoms. The highest BCUT2D eigenvalue weighted by atomic mass is 19.1. The van der Waals surface area contributed by atoms with Gasteiger partial charge >= 0.3 is 5.69 Å². The van der Waals surface area contributed by atoms with Crippen molar-refractivity contribution in [2.45, 2.75) is 0 Å². The number of nitriles is 1. The maximum absolute atomic E-state index is 13.8. The Balaban J connectivity index is 2.42. The molecule has 0 fully saturated rings. The largest absolute Gasteiger partial charge is 0.306 e. The first kappa shape index (κ1) is 14.1. The fourth-order valence-corrected chi connectivity index (χ4v) is 1.53. The molecule has 10 heteroatoms. The van der Waals surface area contributed by atoms with E-state index in [0.717, 1.165) is 6.20 Å². The summed E-state index contributed by atoms with van der Waals surface area (Å²) in [4.78, 5) is 21.3. The Kier molecular flexibility index (Phi) is 3.57. The summed E-state index contributed by atoms with van der Waals surface area (Å²) in [6.07, 6.45) is 1.09. The van der Waals surface area contributed by atoms with Gasteiger partial charge in [-0.1, -0.05) is 0 Å². The molecule has 0 spiro atoms. The molecule has 0 saturated carbocycles. The second kappa shape index (κ2) is 5.33. The van der Waals surface area contributed by atoms with Crippen molar-refractivity contribution in [1.82, 2.24) is 10.2 Å². The number of carbonyl (C=O) groups excluding carboxylic acids is 1. The third-order valence-electron chi connectivity index (χ3n) is 2.49. The second-order valence-corrected chi connectivity index (χ2v) is 3.74. The number of nitro groups is 1. The van der Waals surface area contributed by atoms with Gasteiger partial charge in [-0.15, -0.1) is 0 Å². The molecule has 2 aromatic rings. The smallest absolute Gasteiger partial charge is 0.305 e. The Hall–Kier alpha value is -3.35. The summed E-state index contributed by atoms with van der Waals surface area (Å²) in [5, 5.41) is 27.0. The van der Waals surface area contributed by atoms with Crippen LogP contribution in [0.4, 0.5) is 20.3 Å². The summed E-state index contributed by atoms with van der Waals surface area (Å²) in [6.45, 7) is 0. The summed E-state index contributed by atoms with van der Waals surface area (Å²) in [7, 11) is 0. The van der Waals surface area contributed by atoms with Gasteiger partial charge in [-0.05, 0) is 6.07 Å². The summed E-state index contributed by atoms with van der Waals surface area (Å²) < 4.78 is 27.4. The second-order valence-electron chi connectivity index (χ2n) is 3.74. The highest BCUT2D eigenvalue weighted by Gasteiger charge is 2.26. The predicted molar refractivity (Wildman–Crippen MR) is 64.3 cm³/mol. The van der Waals surface area contributed by atoms with Crippen LogP contribution >= 0.6 is 0 Å². The van der Waals surface area contributed by atoms with E-state index in [1.165, 1.54) is 0 Å². The molecule has 0 unspecified atom stereocenters. The van der Waals surface area contributed by atoms with Crippen molar-refractivity contribution < 1.29 is 18.5 Å². The van der Waals surface area contributed by atoms with Crippen molar-refractivity contribution in [3.05, 3.63) is 51.2 Å². The Morgan fingerprint density at radius 1 is 1.48 bits per heavy atom. The number of nitro benzene ring substituents is 1. The predicted octanol–water partition coefficient (Wildman–Crippen LogP) is 1.72. The number of benzene rings is 1. The van der Waals surface area contributed by atoms with Crippen molar-refractivity contribution >= 4 is 17.4 Å². The highest BCUT2D eigenvalue weighted by molar-refractivity contribution is 6.05. The molecule has 0 aliphatic carbocycles. The first-order valence-electron chi connectivity index (χ1n) is 5.33. The lowest BCUT2D eigenvalue weighted by Gasteiger charge is -2.06. The van der Waals surface area contributed by atoms with E-state index >= 15 is 0 Å². The van der Waals surface area contributed by atoms with Gasteiger partial charge in [0, 0.05) is 6.07 Å². The number of aromatic nitrogens is 2. The molecule has 106 valence electrons. The zero-order chi connectivity index (χ0) is 15.6. The maximum atomic E-state index is 13.8. The molecular formula is C11H5F2N5O3. The van der Waals surface area contributed by atoms with Gasteiger partial charge in [0.2, 0.25) is 5.82 Å². The number of nitrogens with one attached hydrogen (secondary N) is 2. The van der Waals surface area contributed by atoms with Crippen molar-refractivity contribution in [2.75, 3.05) is 5.32 Å². The number of anilines is 1. The summed E-state index contributed by atoms with van der Waals surface area (Å²) in [5.41, 5.74) is -2.22. The lowest BCUT2D eigenvalue weighted by Crippen LogP contribution is -2.17. The van der Waals surface area contributed by atoms with Crippen LogP contribution in [0.2, 0.25) is 0 Å². The molecule has 0 saturated heterocycles. The topological polar surface area (TPSA) is 125 Å². The van der Waals surface area contributed by atoms with Gasteiger partial charge < -0.3 is 5.32 Å². The number of amides is 1. The van der Waals surface area contributed by atoms with Crippen molar-refractivity contribution in [2.24, 2.45) is 0 Å². The Bertz CT molecular complexity index is 781. The van der Waals surface area contributed by atoms with Crippen LogP contribution < -0.4 is 5.32 Å². The Morgan fingerprint density at radius 2 is 2.19 bits per heavy atom. The van der Waals surface area contributed by atoms with Crippen LogP contribution in [0.3, 0.4) is 0 Å². The van der Waals surface area contributed by atoms with Gasteiger partial charge in [0.25, 0.3) is 5.91 Å². The molecule has 0 bridgehead atoms. The SMILES string of the molecule is N#Cc1cn[nH]c1NC(=O)c1c(F)ccc([N+](=O)[O-])c1F. The number of nitrogens with zero attached hydrogens (tertiary/aromatic N) is 3. The average molecular weight is 293 g/mol. The van der Waals surface area contributed by atoms with E-state index in [4.69, 9.17) is 5.26 Å². The minimum atomic E-state index is -1.60. The van der Waals surface area contributed by atoms with Crippen LogP contribution in [0, 0.1) is 33.1 Å². The van der Waals surface area contributed by atoms with Crippen LogP contribution in [0.5, 0.6) is 0 Å². The first-order chi connectivity index (χ1) is 9.95. The van der Waals surface area contributed by atoms with Crippen molar-refractivity contribution in [1.29, 1.82) is 5.26 Å². The van der Waals surface area contributed by atoms with Gasteiger partial charge in [-0.25, -0.2) is 4.39 Å². The number of hydrogen-bond acceptors (Lipinski definition) is 5. The molecule has 1 heterocycles. The van der Waals surface area contributed by atoms with E-state index in [-0.39, 0.29) is 11.4 Å². The molecule has 0 radical (unpaired) electrons. The summed E-state index contributed by atoms with van der Waals surface area (Å²) in [5.74, 6) is -4.33. The number of aromatic amines is 1. The Morgan fingerprint density at radius 3 is 2.81 bits per heavy atom. The number of rotatable bonds is 3. The van der Waals surface area contributed by atoms with E-state index in [1.54, 1.807) is 6.07 Å². The standard InChI is InChI=1S/C11H5F2N5O3/c12-6-1-2-7(18(20)21)9(13)8(6)11(19)16-10-5(3-14)4-15-17-10/h1-2,4H,(H2,15,16,17,19). The minimum absolute atomic E-state index is 0.0606. The quantitative estimate of drug-likeness (QED) is 0.658. The lowest BCUT2D eigenvalue weighted by molar-refractivity contribution is -0.387. The van der Waals surface area contributed by atoms with Crippen molar-refractivity contribution in [3.63, 3.8) is 0 Å². The molecular weight excluding hydrogens is 288 g/mol. The monoisotopic (exact) mass is 293 g/mol. The van der Waals surface area contributed by atoms with Gasteiger partial charge in [0.05, 0.1) is 11.1 Å². The maximum Gasteiger partial charge on any atom is 0.305 e. The molecule has 0 atom stereocenters. The van der Waals surface area contributed by atoms with Crippen molar-refractivity contribution in [3.8, 4) is 6.07 Å². The molecule has 1 aromatic carbocycles. The fraction of sp³-hybridized carbons (Fsp3) is 0. The van der Waals surface area contributed by atoms with Crippen LogP contribution in [0.1, 0.15) is 15.9 Å². The third kappa shape index (κ3) is 2.52. The molecule has 1 aromatic heterocycles. The van der Waals surface area contributed by atoms with E-state index in [1.807, 2.05) is 5.32 Å². The van der Waals surface area contributed by atoms with Crippen LogP contribution in [-0.4, -0.2) is 21.0 Å². The van der Waals surface area contributed by atoms with Gasteiger partial charge in [-0.2, -0.15) is 14.8 Å². The van der Waals surface area contributed by atoms with Gasteiger partial charge in [0.15, 0.2) is 0 Å². The Labute approximate surface area is 115 Å². The van der Waals surface area contributed by atoms with Crippen LogP contribution in [0.25, 0.3) is 0 Å². The highest BCUT2D eigenvalue weighted by Crippen LogP contribution is 2.24. The summed E-state index contributed by atoms with van der Waals surface area (Å²) >= 11 is 0. The number of carbonyl (C=O) groups is 1. The number of H-pyrrole nitrogens is 1. The van der Waals surface area contributed by atoms with Crippen LogP contribution in [-0.2, 0) is 0 Å². The molecule has 0 aliphatic rings. The van der Waals surface area contributed by atoms with E-state index in [0.29, 0.717) is 12.1 Å². The number of hydrogen-bond donors (Lipinski definition) is 2. The minimum Gasteiger partial charge on any atom is -0.306 e. The molecule has 2 rings (SSSR count). The first-order valence-corrected chi connectivity index (χ1v) is 5.33. The van der Waals surface area contributed by atoms with Gasteiger partial charge in [-0.3, -0.25) is 20.0 Å². The molecule has 0 aliphatic heterocycles. The lowest BCUT2D eigenvalue weighted by atomic mass is 10.1. The normalized spacial score (nSPS) is 9.95. The summed E-state index contributed by atoms with van der Waals surface area (Å²) in [6, 6.07) is 2.90.